The molecule has 0 heterocycles. The minimum Gasteiger partial charge on any atom is -0.495 e. The molecule has 0 unspecified atom stereocenters. The van der Waals surface area contributed by atoms with Gasteiger partial charge >= 0.3 is 0 Å². The van der Waals surface area contributed by atoms with Crippen LogP contribution >= 0.6 is 0 Å². The lowest BCUT2D eigenvalue weighted by Crippen LogP contribution is -2.22. The highest BCUT2D eigenvalue weighted by molar-refractivity contribution is 5.93. The molecular formula is C18H24N4O. The second kappa shape index (κ2) is 8.19. The number of methoxy groups -OCH3 is 1. The predicted octanol–water partition coefficient (Wildman–Crippen LogP) is 2.68. The summed E-state index contributed by atoms with van der Waals surface area (Å²) in [4.78, 5) is 6.51. The molecule has 5 nitrogen and oxygen atoms in total. The number of hydrogen-bond donors (Lipinski definition) is 2. The van der Waals surface area contributed by atoms with Crippen LogP contribution in [0.5, 0.6) is 5.75 Å². The second-order valence-electron chi connectivity index (χ2n) is 5.58. The fraction of sp³-hybridized carbons (Fsp3) is 0.278. The van der Waals surface area contributed by atoms with Crippen molar-refractivity contribution in [2.24, 2.45) is 10.7 Å². The van der Waals surface area contributed by atoms with Crippen molar-refractivity contribution >= 4 is 11.6 Å². The third-order valence-electron chi connectivity index (χ3n) is 3.32. The maximum Gasteiger partial charge on any atom is 0.193 e. The van der Waals surface area contributed by atoms with E-state index in [-0.39, 0.29) is 0 Å². The molecule has 0 saturated carbocycles. The molecule has 0 aromatic heterocycles. The van der Waals surface area contributed by atoms with Crippen LogP contribution in [0.4, 0.5) is 5.69 Å². The van der Waals surface area contributed by atoms with Crippen LogP contribution in [0.2, 0.25) is 0 Å². The number of benzene rings is 2. The Morgan fingerprint density at radius 1 is 1.09 bits per heavy atom. The van der Waals surface area contributed by atoms with Crippen molar-refractivity contribution in [3.63, 3.8) is 0 Å². The number of aliphatic imine (C=N–C) groups is 1. The van der Waals surface area contributed by atoms with E-state index in [2.05, 4.69) is 53.6 Å². The Balaban J connectivity index is 1.96. The molecule has 0 spiro atoms. The Morgan fingerprint density at radius 3 is 2.39 bits per heavy atom. The Bertz CT molecular complexity index is 650. The maximum atomic E-state index is 5.95. The van der Waals surface area contributed by atoms with Gasteiger partial charge in [0.25, 0.3) is 0 Å². The average molecular weight is 312 g/mol. The van der Waals surface area contributed by atoms with E-state index in [0.29, 0.717) is 12.5 Å². The quantitative estimate of drug-likeness (QED) is 0.636. The topological polar surface area (TPSA) is 62.9 Å². The van der Waals surface area contributed by atoms with Crippen molar-refractivity contribution in [3.05, 3.63) is 59.7 Å². The van der Waals surface area contributed by atoms with Crippen LogP contribution < -0.4 is 15.8 Å². The second-order valence-corrected chi connectivity index (χ2v) is 5.58. The summed E-state index contributed by atoms with van der Waals surface area (Å²) in [7, 11) is 5.74. The molecule has 0 amide bonds. The summed E-state index contributed by atoms with van der Waals surface area (Å²) >= 11 is 0. The Labute approximate surface area is 137 Å². The lowest BCUT2D eigenvalue weighted by Gasteiger charge is -2.11. The normalized spacial score (nSPS) is 11.6. The molecule has 0 fully saturated rings. The Kier molecular flexibility index (Phi) is 6.00. The maximum absolute atomic E-state index is 5.95. The van der Waals surface area contributed by atoms with Crippen LogP contribution in [-0.4, -0.2) is 32.1 Å². The monoisotopic (exact) mass is 312 g/mol. The zero-order valence-corrected chi connectivity index (χ0v) is 13.9. The van der Waals surface area contributed by atoms with Crippen molar-refractivity contribution in [2.45, 2.75) is 13.1 Å². The molecule has 122 valence electrons. The first-order valence-electron chi connectivity index (χ1n) is 7.51. The van der Waals surface area contributed by atoms with E-state index in [1.807, 2.05) is 24.3 Å². The van der Waals surface area contributed by atoms with E-state index in [1.165, 1.54) is 5.56 Å². The first kappa shape index (κ1) is 16.8. The van der Waals surface area contributed by atoms with Crippen molar-refractivity contribution in [2.75, 3.05) is 26.5 Å². The number of para-hydroxylation sites is 2. The number of ether oxygens (including phenoxy) is 1. The number of hydrogen-bond acceptors (Lipinski definition) is 3. The van der Waals surface area contributed by atoms with Gasteiger partial charge in [-0.15, -0.1) is 0 Å². The zero-order valence-electron chi connectivity index (χ0n) is 13.9. The number of nitrogens with two attached hydrogens (primary N) is 1. The largest absolute Gasteiger partial charge is 0.495 e. The molecular weight excluding hydrogens is 288 g/mol. The number of guanidine groups is 1. The van der Waals surface area contributed by atoms with Gasteiger partial charge in [-0.05, 0) is 37.4 Å². The van der Waals surface area contributed by atoms with Crippen LogP contribution in [0, 0.1) is 0 Å². The third kappa shape index (κ3) is 5.30. The minimum atomic E-state index is 0.367. The Morgan fingerprint density at radius 2 is 1.74 bits per heavy atom. The first-order chi connectivity index (χ1) is 11.1. The van der Waals surface area contributed by atoms with Crippen LogP contribution in [0.15, 0.2) is 53.5 Å². The highest BCUT2D eigenvalue weighted by Crippen LogP contribution is 2.22. The Hall–Kier alpha value is -2.53. The van der Waals surface area contributed by atoms with Gasteiger partial charge in [0.15, 0.2) is 5.96 Å². The zero-order chi connectivity index (χ0) is 16.7. The molecule has 23 heavy (non-hydrogen) atoms. The van der Waals surface area contributed by atoms with Crippen molar-refractivity contribution in [1.29, 1.82) is 0 Å². The molecule has 0 atom stereocenters. The lowest BCUT2D eigenvalue weighted by molar-refractivity contribution is 0.402. The summed E-state index contributed by atoms with van der Waals surface area (Å²) in [6.07, 6.45) is 0. The summed E-state index contributed by atoms with van der Waals surface area (Å²) in [5.74, 6) is 1.10. The van der Waals surface area contributed by atoms with Gasteiger partial charge in [-0.2, -0.15) is 0 Å². The van der Waals surface area contributed by atoms with Crippen LogP contribution in [0.25, 0.3) is 0 Å². The van der Waals surface area contributed by atoms with Crippen molar-refractivity contribution in [1.82, 2.24) is 4.90 Å². The van der Waals surface area contributed by atoms with E-state index in [9.17, 15) is 0 Å². The van der Waals surface area contributed by atoms with Gasteiger partial charge in [0.05, 0.1) is 19.3 Å². The van der Waals surface area contributed by atoms with Gasteiger partial charge in [-0.3, -0.25) is 0 Å². The summed E-state index contributed by atoms with van der Waals surface area (Å²) in [6.45, 7) is 1.47. The number of nitrogens with one attached hydrogen (secondary N) is 1. The molecule has 0 radical (unpaired) electrons. The molecule has 3 N–H and O–H groups in total. The molecule has 0 saturated heterocycles. The molecule has 0 aliphatic heterocycles. The molecule has 2 aromatic carbocycles. The number of nitrogens with zero attached hydrogens (tertiary/aromatic N) is 2. The van der Waals surface area contributed by atoms with Gasteiger partial charge in [-0.25, -0.2) is 4.99 Å². The van der Waals surface area contributed by atoms with Crippen LogP contribution in [-0.2, 0) is 13.1 Å². The summed E-state index contributed by atoms with van der Waals surface area (Å²) in [5.41, 5.74) is 9.16. The smallest absolute Gasteiger partial charge is 0.193 e. The van der Waals surface area contributed by atoms with Crippen molar-refractivity contribution in [3.8, 4) is 5.75 Å². The molecule has 0 aliphatic rings. The number of rotatable bonds is 6. The average Bonchev–Trinajstić information content (AvgIpc) is 2.54. The molecule has 0 aliphatic carbocycles. The molecule has 2 rings (SSSR count). The molecule has 0 bridgehead atoms. The van der Waals surface area contributed by atoms with E-state index in [1.54, 1.807) is 7.11 Å². The first-order valence-corrected chi connectivity index (χ1v) is 7.51. The highest BCUT2D eigenvalue weighted by Gasteiger charge is 2.02. The van der Waals surface area contributed by atoms with Gasteiger partial charge in [0.2, 0.25) is 0 Å². The standard InChI is InChI=1S/C18H24N4O/c1-22(2)13-15-10-8-14(9-11-15)12-20-18(19)21-16-6-4-5-7-17(16)23-3/h4-11H,12-13H2,1-3H3,(H3,19,20,21). The molecule has 2 aromatic rings. The van der Waals surface area contributed by atoms with E-state index in [0.717, 1.165) is 23.5 Å². The van der Waals surface area contributed by atoms with E-state index >= 15 is 0 Å². The summed E-state index contributed by atoms with van der Waals surface area (Å²) < 4.78 is 5.28. The van der Waals surface area contributed by atoms with Crippen LogP contribution in [0.3, 0.4) is 0 Å². The van der Waals surface area contributed by atoms with E-state index < -0.39 is 0 Å². The summed E-state index contributed by atoms with van der Waals surface area (Å²) in [6, 6.07) is 16.0. The predicted molar refractivity (Wildman–Crippen MR) is 95.8 cm³/mol. The van der Waals surface area contributed by atoms with Gasteiger partial charge in [0, 0.05) is 6.54 Å². The van der Waals surface area contributed by atoms with Gasteiger partial charge < -0.3 is 20.7 Å². The molecule has 5 heteroatoms. The SMILES string of the molecule is COc1ccccc1NC(N)=NCc1ccc(CN(C)C)cc1. The van der Waals surface area contributed by atoms with Gasteiger partial charge in [-0.1, -0.05) is 36.4 Å². The lowest BCUT2D eigenvalue weighted by atomic mass is 10.1. The summed E-state index contributed by atoms with van der Waals surface area (Å²) in [5, 5.41) is 3.07. The van der Waals surface area contributed by atoms with E-state index in [4.69, 9.17) is 10.5 Å². The van der Waals surface area contributed by atoms with Crippen molar-refractivity contribution < 1.29 is 4.74 Å². The fourth-order valence-corrected chi connectivity index (χ4v) is 2.22. The minimum absolute atomic E-state index is 0.367. The third-order valence-corrected chi connectivity index (χ3v) is 3.32. The van der Waals surface area contributed by atoms with Gasteiger partial charge in [0.1, 0.15) is 5.75 Å². The fourth-order valence-electron chi connectivity index (χ4n) is 2.22. The highest BCUT2D eigenvalue weighted by atomic mass is 16.5. The van der Waals surface area contributed by atoms with Crippen LogP contribution in [0.1, 0.15) is 11.1 Å². The number of anilines is 1.